The SMILES string of the molecule is CC(C)=CCc1cc(C(=O)N2CCC(O)(C(=O)O)CC2)ccc1F. The molecule has 130 valence electrons. The summed E-state index contributed by atoms with van der Waals surface area (Å²) in [7, 11) is 0. The first-order valence-corrected chi connectivity index (χ1v) is 7.90. The van der Waals surface area contributed by atoms with E-state index in [-0.39, 0.29) is 37.7 Å². The lowest BCUT2D eigenvalue weighted by Crippen LogP contribution is -2.50. The second-order valence-corrected chi connectivity index (χ2v) is 6.42. The zero-order chi connectivity index (χ0) is 17.9. The van der Waals surface area contributed by atoms with Crippen molar-refractivity contribution in [3.05, 3.63) is 46.8 Å². The van der Waals surface area contributed by atoms with Crippen molar-refractivity contribution >= 4 is 11.9 Å². The maximum Gasteiger partial charge on any atom is 0.335 e. The second-order valence-electron chi connectivity index (χ2n) is 6.42. The lowest BCUT2D eigenvalue weighted by atomic mass is 9.91. The summed E-state index contributed by atoms with van der Waals surface area (Å²) in [4.78, 5) is 25.1. The standard InChI is InChI=1S/C18H22FNO4/c1-12(2)3-4-13-11-14(5-6-15(13)19)16(21)20-9-7-18(24,8-10-20)17(22)23/h3,5-6,11,24H,4,7-10H2,1-2H3,(H,22,23). The Hall–Kier alpha value is -2.21. The van der Waals surface area contributed by atoms with Gasteiger partial charge in [-0.3, -0.25) is 4.79 Å². The van der Waals surface area contributed by atoms with Gasteiger partial charge in [0.05, 0.1) is 0 Å². The highest BCUT2D eigenvalue weighted by Gasteiger charge is 2.40. The van der Waals surface area contributed by atoms with Crippen LogP contribution in [0.2, 0.25) is 0 Å². The first-order valence-electron chi connectivity index (χ1n) is 7.90. The number of benzene rings is 1. The third-order valence-electron chi connectivity index (χ3n) is 4.30. The van der Waals surface area contributed by atoms with Crippen molar-refractivity contribution in [2.24, 2.45) is 0 Å². The molecule has 0 atom stereocenters. The van der Waals surface area contributed by atoms with E-state index in [0.717, 1.165) is 5.57 Å². The normalized spacial score (nSPS) is 16.6. The quantitative estimate of drug-likeness (QED) is 0.828. The zero-order valence-electron chi connectivity index (χ0n) is 13.9. The average molecular weight is 335 g/mol. The van der Waals surface area contributed by atoms with E-state index in [1.165, 1.54) is 23.1 Å². The molecule has 2 N–H and O–H groups in total. The van der Waals surface area contributed by atoms with E-state index >= 15 is 0 Å². The molecule has 2 rings (SSSR count). The van der Waals surface area contributed by atoms with Gasteiger partial charge in [0.1, 0.15) is 5.82 Å². The van der Waals surface area contributed by atoms with Gasteiger partial charge in [0.2, 0.25) is 0 Å². The van der Waals surface area contributed by atoms with Gasteiger partial charge < -0.3 is 15.1 Å². The van der Waals surface area contributed by atoms with Crippen LogP contribution in [0.1, 0.15) is 42.6 Å². The Morgan fingerprint density at radius 2 is 1.92 bits per heavy atom. The van der Waals surface area contributed by atoms with Gasteiger partial charge >= 0.3 is 5.97 Å². The Labute approximate surface area is 140 Å². The molecule has 0 radical (unpaired) electrons. The van der Waals surface area contributed by atoms with Crippen molar-refractivity contribution in [2.75, 3.05) is 13.1 Å². The summed E-state index contributed by atoms with van der Waals surface area (Å²) < 4.78 is 13.9. The molecule has 1 aromatic rings. The van der Waals surface area contributed by atoms with Crippen LogP contribution in [-0.2, 0) is 11.2 Å². The third kappa shape index (κ3) is 4.00. The number of carboxylic acid groups (broad SMARTS) is 1. The molecule has 1 aliphatic heterocycles. The van der Waals surface area contributed by atoms with Crippen LogP contribution >= 0.6 is 0 Å². The molecule has 1 fully saturated rings. The van der Waals surface area contributed by atoms with Crippen molar-refractivity contribution in [1.82, 2.24) is 4.90 Å². The molecule has 0 spiro atoms. The Bertz CT molecular complexity index is 672. The number of piperidine rings is 1. The Kier molecular flexibility index (Phi) is 5.39. The number of carbonyl (C=O) groups is 2. The molecular formula is C18H22FNO4. The van der Waals surface area contributed by atoms with Gasteiger partial charge in [0.25, 0.3) is 5.91 Å². The van der Waals surface area contributed by atoms with E-state index in [1.807, 2.05) is 19.9 Å². The Morgan fingerprint density at radius 3 is 2.46 bits per heavy atom. The highest BCUT2D eigenvalue weighted by Crippen LogP contribution is 2.24. The fourth-order valence-electron chi connectivity index (χ4n) is 2.65. The number of carbonyl (C=O) groups excluding carboxylic acids is 1. The molecule has 24 heavy (non-hydrogen) atoms. The summed E-state index contributed by atoms with van der Waals surface area (Å²) in [6.07, 6.45) is 2.27. The predicted octanol–water partition coefficient (Wildman–Crippen LogP) is 2.39. The minimum atomic E-state index is -1.77. The topological polar surface area (TPSA) is 77.8 Å². The van der Waals surface area contributed by atoms with Gasteiger partial charge in [0, 0.05) is 31.5 Å². The molecule has 1 saturated heterocycles. The summed E-state index contributed by atoms with van der Waals surface area (Å²) in [5.41, 5.74) is 0.110. The van der Waals surface area contributed by atoms with Crippen LogP contribution in [-0.4, -0.2) is 45.7 Å². The van der Waals surface area contributed by atoms with E-state index in [2.05, 4.69) is 0 Å². The summed E-state index contributed by atoms with van der Waals surface area (Å²) >= 11 is 0. The number of rotatable bonds is 4. The number of amides is 1. The van der Waals surface area contributed by atoms with Gasteiger partial charge in [-0.15, -0.1) is 0 Å². The molecule has 6 heteroatoms. The molecule has 0 aliphatic carbocycles. The highest BCUT2D eigenvalue weighted by molar-refractivity contribution is 5.94. The fourth-order valence-corrected chi connectivity index (χ4v) is 2.65. The van der Waals surface area contributed by atoms with E-state index in [1.54, 1.807) is 0 Å². The minimum Gasteiger partial charge on any atom is -0.479 e. The van der Waals surface area contributed by atoms with Gasteiger partial charge in [-0.1, -0.05) is 11.6 Å². The van der Waals surface area contributed by atoms with Crippen molar-refractivity contribution in [3.8, 4) is 0 Å². The predicted molar refractivity (Wildman–Crippen MR) is 87.3 cm³/mol. The molecule has 0 saturated carbocycles. The van der Waals surface area contributed by atoms with Gasteiger partial charge in [0.15, 0.2) is 5.60 Å². The van der Waals surface area contributed by atoms with Gasteiger partial charge in [-0.05, 0) is 44.0 Å². The first-order chi connectivity index (χ1) is 11.2. The summed E-state index contributed by atoms with van der Waals surface area (Å²) in [5, 5.41) is 18.9. The van der Waals surface area contributed by atoms with Crippen molar-refractivity contribution in [3.63, 3.8) is 0 Å². The lowest BCUT2D eigenvalue weighted by Gasteiger charge is -2.35. The summed E-state index contributed by atoms with van der Waals surface area (Å²) in [6, 6.07) is 4.25. The Balaban J connectivity index is 2.12. The Morgan fingerprint density at radius 1 is 1.29 bits per heavy atom. The molecule has 1 aliphatic rings. The number of hydrogen-bond donors (Lipinski definition) is 2. The summed E-state index contributed by atoms with van der Waals surface area (Å²) in [5.74, 6) is -1.90. The van der Waals surface area contributed by atoms with Crippen LogP contribution in [0.25, 0.3) is 0 Å². The molecule has 5 nitrogen and oxygen atoms in total. The van der Waals surface area contributed by atoms with Crippen LogP contribution in [0.5, 0.6) is 0 Å². The number of aliphatic hydroxyl groups is 1. The first kappa shape index (κ1) is 18.1. The van der Waals surface area contributed by atoms with Crippen molar-refractivity contribution < 1.29 is 24.2 Å². The molecule has 1 amide bonds. The van der Waals surface area contributed by atoms with Crippen molar-refractivity contribution in [2.45, 2.75) is 38.7 Å². The molecule has 1 aromatic carbocycles. The number of aliphatic carboxylic acids is 1. The molecule has 0 unspecified atom stereocenters. The maximum atomic E-state index is 13.9. The van der Waals surface area contributed by atoms with Gasteiger partial charge in [-0.2, -0.15) is 0 Å². The summed E-state index contributed by atoms with van der Waals surface area (Å²) in [6.45, 7) is 4.15. The number of hydrogen-bond acceptors (Lipinski definition) is 3. The smallest absolute Gasteiger partial charge is 0.335 e. The largest absolute Gasteiger partial charge is 0.479 e. The van der Waals surface area contributed by atoms with Crippen LogP contribution in [0.15, 0.2) is 29.8 Å². The number of carboxylic acids is 1. The minimum absolute atomic E-state index is 0.0140. The second kappa shape index (κ2) is 7.13. The third-order valence-corrected chi connectivity index (χ3v) is 4.30. The molecule has 0 aromatic heterocycles. The number of likely N-dealkylation sites (tertiary alicyclic amines) is 1. The van der Waals surface area contributed by atoms with Crippen LogP contribution < -0.4 is 0 Å². The monoisotopic (exact) mass is 335 g/mol. The average Bonchev–Trinajstić information content (AvgIpc) is 2.54. The molecule has 1 heterocycles. The van der Waals surface area contributed by atoms with E-state index in [4.69, 9.17) is 5.11 Å². The number of allylic oxidation sites excluding steroid dienone is 2. The number of halogens is 1. The van der Waals surface area contributed by atoms with E-state index in [0.29, 0.717) is 17.5 Å². The molecular weight excluding hydrogens is 313 g/mol. The lowest BCUT2D eigenvalue weighted by molar-refractivity contribution is -0.162. The van der Waals surface area contributed by atoms with Crippen molar-refractivity contribution in [1.29, 1.82) is 0 Å². The highest BCUT2D eigenvalue weighted by atomic mass is 19.1. The molecule has 0 bridgehead atoms. The number of nitrogens with zero attached hydrogens (tertiary/aromatic N) is 1. The van der Waals surface area contributed by atoms with Crippen LogP contribution in [0.3, 0.4) is 0 Å². The zero-order valence-corrected chi connectivity index (χ0v) is 13.9. The van der Waals surface area contributed by atoms with Crippen LogP contribution in [0, 0.1) is 5.82 Å². The van der Waals surface area contributed by atoms with E-state index < -0.39 is 11.6 Å². The maximum absolute atomic E-state index is 13.9. The van der Waals surface area contributed by atoms with Gasteiger partial charge in [-0.25, -0.2) is 9.18 Å². The van der Waals surface area contributed by atoms with Crippen LogP contribution in [0.4, 0.5) is 4.39 Å². The van der Waals surface area contributed by atoms with E-state index in [9.17, 15) is 19.1 Å². The fraction of sp³-hybridized carbons (Fsp3) is 0.444.